The Morgan fingerprint density at radius 1 is 1.38 bits per heavy atom. The van der Waals surface area contributed by atoms with Crippen molar-refractivity contribution in [3.8, 4) is 11.8 Å². The van der Waals surface area contributed by atoms with Crippen LogP contribution in [0.1, 0.15) is 52.4 Å². The average molecular weight is 222 g/mol. The summed E-state index contributed by atoms with van der Waals surface area (Å²) >= 11 is 0. The quantitative estimate of drug-likeness (QED) is 0.668. The van der Waals surface area contributed by atoms with Gasteiger partial charge in [0.1, 0.15) is 6.10 Å². The molecule has 0 heterocycles. The van der Waals surface area contributed by atoms with Gasteiger partial charge in [-0.25, -0.2) is 0 Å². The number of rotatable bonds is 5. The predicted octanol–water partition coefficient (Wildman–Crippen LogP) is 2.95. The highest BCUT2D eigenvalue weighted by Crippen LogP contribution is 2.28. The van der Waals surface area contributed by atoms with Crippen molar-refractivity contribution in [3.63, 3.8) is 0 Å². The zero-order chi connectivity index (χ0) is 11.8. The molecule has 1 saturated carbocycles. The van der Waals surface area contributed by atoms with Crippen molar-refractivity contribution in [1.82, 2.24) is 0 Å². The zero-order valence-corrected chi connectivity index (χ0v) is 10.4. The first-order valence-electron chi connectivity index (χ1n) is 6.33. The first kappa shape index (κ1) is 13.3. The van der Waals surface area contributed by atoms with E-state index in [1.807, 2.05) is 6.92 Å². The molecule has 2 heteroatoms. The molecule has 0 aromatic rings. The van der Waals surface area contributed by atoms with Gasteiger partial charge < -0.3 is 4.74 Å². The largest absolute Gasteiger partial charge is 0.370 e. The van der Waals surface area contributed by atoms with Crippen LogP contribution in [0.5, 0.6) is 0 Å². The van der Waals surface area contributed by atoms with Gasteiger partial charge in [-0.2, -0.15) is 0 Å². The van der Waals surface area contributed by atoms with E-state index in [-0.39, 0.29) is 11.9 Å². The molecular weight excluding hydrogens is 200 g/mol. The standard InChI is InChI=1S/C14H22O2/c1-3-5-11-13(15)14(16-4-2)12-9-7-6-8-10-12/h12,14H,4,6-11H2,1-2H3. The molecule has 1 fully saturated rings. The lowest BCUT2D eigenvalue weighted by atomic mass is 9.83. The minimum Gasteiger partial charge on any atom is -0.370 e. The third-order valence-corrected chi connectivity index (χ3v) is 3.18. The second-order valence-electron chi connectivity index (χ2n) is 4.34. The van der Waals surface area contributed by atoms with E-state index >= 15 is 0 Å². The van der Waals surface area contributed by atoms with Crippen molar-refractivity contribution in [3.05, 3.63) is 0 Å². The lowest BCUT2D eigenvalue weighted by Gasteiger charge is -2.28. The molecule has 0 amide bonds. The summed E-state index contributed by atoms with van der Waals surface area (Å²) in [5.74, 6) is 6.22. The van der Waals surface area contributed by atoms with Gasteiger partial charge >= 0.3 is 0 Å². The molecule has 16 heavy (non-hydrogen) atoms. The van der Waals surface area contributed by atoms with Gasteiger partial charge in [0.25, 0.3) is 0 Å². The molecule has 0 aliphatic heterocycles. The van der Waals surface area contributed by atoms with Crippen LogP contribution in [0, 0.1) is 17.8 Å². The maximum Gasteiger partial charge on any atom is 0.173 e. The van der Waals surface area contributed by atoms with Gasteiger partial charge in [-0.3, -0.25) is 4.79 Å². The van der Waals surface area contributed by atoms with Crippen LogP contribution in [-0.2, 0) is 9.53 Å². The molecule has 0 bridgehead atoms. The fourth-order valence-electron chi connectivity index (χ4n) is 2.38. The monoisotopic (exact) mass is 222 g/mol. The van der Waals surface area contributed by atoms with Gasteiger partial charge in [0.15, 0.2) is 5.78 Å². The summed E-state index contributed by atoms with van der Waals surface area (Å²) in [4.78, 5) is 12.0. The van der Waals surface area contributed by atoms with Crippen LogP contribution < -0.4 is 0 Å². The summed E-state index contributed by atoms with van der Waals surface area (Å²) in [6.45, 7) is 4.34. The molecule has 2 nitrogen and oxygen atoms in total. The summed E-state index contributed by atoms with van der Waals surface area (Å²) in [5.41, 5.74) is 0. The summed E-state index contributed by atoms with van der Waals surface area (Å²) in [6.07, 6.45) is 6.19. The van der Waals surface area contributed by atoms with Crippen molar-refractivity contribution in [2.45, 2.75) is 58.5 Å². The molecule has 1 aliphatic rings. The second-order valence-corrected chi connectivity index (χ2v) is 4.34. The van der Waals surface area contributed by atoms with Crippen LogP contribution in [0.4, 0.5) is 0 Å². The van der Waals surface area contributed by atoms with Gasteiger partial charge in [-0.1, -0.05) is 25.2 Å². The number of ketones is 1. The molecular formula is C14H22O2. The Bertz CT molecular complexity index is 266. The molecule has 1 aliphatic carbocycles. The van der Waals surface area contributed by atoms with Crippen LogP contribution in [-0.4, -0.2) is 18.5 Å². The van der Waals surface area contributed by atoms with Crippen LogP contribution in [0.15, 0.2) is 0 Å². The van der Waals surface area contributed by atoms with Crippen molar-refractivity contribution in [2.75, 3.05) is 6.61 Å². The topological polar surface area (TPSA) is 26.3 Å². The van der Waals surface area contributed by atoms with Crippen LogP contribution >= 0.6 is 0 Å². The Hall–Kier alpha value is -0.810. The van der Waals surface area contributed by atoms with E-state index in [1.165, 1.54) is 19.3 Å². The van der Waals surface area contributed by atoms with Gasteiger partial charge in [0.05, 0.1) is 6.42 Å². The minimum atomic E-state index is -0.203. The van der Waals surface area contributed by atoms with E-state index in [0.29, 0.717) is 18.9 Å². The molecule has 0 radical (unpaired) electrons. The molecule has 0 spiro atoms. The lowest BCUT2D eigenvalue weighted by molar-refractivity contribution is -0.133. The SMILES string of the molecule is CC#CCC(=O)C(OCC)C1CCCCC1. The van der Waals surface area contributed by atoms with E-state index in [4.69, 9.17) is 4.74 Å². The molecule has 0 aromatic carbocycles. The zero-order valence-electron chi connectivity index (χ0n) is 10.4. The van der Waals surface area contributed by atoms with Crippen LogP contribution in [0.3, 0.4) is 0 Å². The third-order valence-electron chi connectivity index (χ3n) is 3.18. The fraction of sp³-hybridized carbons (Fsp3) is 0.786. The number of hydrogen-bond donors (Lipinski definition) is 0. The first-order chi connectivity index (χ1) is 7.79. The van der Waals surface area contributed by atoms with E-state index in [1.54, 1.807) is 6.92 Å². The maximum atomic E-state index is 12.0. The summed E-state index contributed by atoms with van der Waals surface area (Å²) in [5, 5.41) is 0. The van der Waals surface area contributed by atoms with Gasteiger partial charge in [-0.15, -0.1) is 5.92 Å². The number of carbonyl (C=O) groups excluding carboxylic acids is 1. The minimum absolute atomic E-state index is 0.170. The normalized spacial score (nSPS) is 18.6. The van der Waals surface area contributed by atoms with E-state index in [0.717, 1.165) is 12.8 Å². The number of Topliss-reactive ketones (excluding diaryl/α,β-unsaturated/α-hetero) is 1. The molecule has 1 atom stereocenters. The van der Waals surface area contributed by atoms with Crippen LogP contribution in [0.25, 0.3) is 0 Å². The number of carbonyl (C=O) groups is 1. The Morgan fingerprint density at radius 3 is 2.62 bits per heavy atom. The van der Waals surface area contributed by atoms with Crippen molar-refractivity contribution >= 4 is 5.78 Å². The first-order valence-corrected chi connectivity index (χ1v) is 6.33. The predicted molar refractivity (Wildman–Crippen MR) is 65.1 cm³/mol. The Morgan fingerprint density at radius 2 is 2.06 bits per heavy atom. The highest BCUT2D eigenvalue weighted by atomic mass is 16.5. The highest BCUT2D eigenvalue weighted by Gasteiger charge is 2.29. The smallest absolute Gasteiger partial charge is 0.173 e. The Labute approximate surface area is 98.8 Å². The molecule has 0 aromatic heterocycles. The maximum absolute atomic E-state index is 12.0. The summed E-state index contributed by atoms with van der Waals surface area (Å²) in [6, 6.07) is 0. The average Bonchev–Trinajstić information content (AvgIpc) is 2.34. The molecule has 0 N–H and O–H groups in total. The summed E-state index contributed by atoms with van der Waals surface area (Å²) in [7, 11) is 0. The number of ether oxygens (including phenoxy) is 1. The molecule has 0 saturated heterocycles. The summed E-state index contributed by atoms with van der Waals surface area (Å²) < 4.78 is 5.62. The van der Waals surface area contributed by atoms with E-state index in [9.17, 15) is 4.79 Å². The van der Waals surface area contributed by atoms with Crippen molar-refractivity contribution in [1.29, 1.82) is 0 Å². The van der Waals surface area contributed by atoms with Crippen molar-refractivity contribution in [2.24, 2.45) is 5.92 Å². The lowest BCUT2D eigenvalue weighted by Crippen LogP contribution is -2.33. The van der Waals surface area contributed by atoms with Crippen LogP contribution in [0.2, 0.25) is 0 Å². The fourth-order valence-corrected chi connectivity index (χ4v) is 2.38. The van der Waals surface area contributed by atoms with Gasteiger partial charge in [0, 0.05) is 6.61 Å². The third kappa shape index (κ3) is 3.98. The Kier molecular flexibility index (Phi) is 6.18. The van der Waals surface area contributed by atoms with Gasteiger partial charge in [-0.05, 0) is 32.6 Å². The van der Waals surface area contributed by atoms with E-state index in [2.05, 4.69) is 11.8 Å². The highest BCUT2D eigenvalue weighted by molar-refractivity contribution is 5.85. The van der Waals surface area contributed by atoms with Crippen molar-refractivity contribution < 1.29 is 9.53 Å². The molecule has 90 valence electrons. The second kappa shape index (κ2) is 7.46. The Balaban J connectivity index is 2.55. The van der Waals surface area contributed by atoms with E-state index < -0.39 is 0 Å². The molecule has 1 rings (SSSR count). The van der Waals surface area contributed by atoms with Gasteiger partial charge in [0.2, 0.25) is 0 Å². The number of hydrogen-bond acceptors (Lipinski definition) is 2. The molecule has 1 unspecified atom stereocenters.